The molecular weight excluding hydrogens is 182 g/mol. The Morgan fingerprint density at radius 2 is 2.15 bits per heavy atom. The standard InChI is InChI=1S/C9H17N3S/c1-6(2)11-9-12-7(3)8(13-9)5-10-4/h6,10H,5H2,1-4H3,(H,11,12). The van der Waals surface area contributed by atoms with Crippen LogP contribution < -0.4 is 10.6 Å². The summed E-state index contributed by atoms with van der Waals surface area (Å²) in [5.41, 5.74) is 1.13. The molecule has 0 spiro atoms. The van der Waals surface area contributed by atoms with Crippen LogP contribution in [0, 0.1) is 6.92 Å². The number of aryl methyl sites for hydroxylation is 1. The molecule has 0 saturated heterocycles. The van der Waals surface area contributed by atoms with Gasteiger partial charge in [0.05, 0.1) is 5.69 Å². The van der Waals surface area contributed by atoms with Gasteiger partial charge in [0.15, 0.2) is 5.13 Å². The number of anilines is 1. The quantitative estimate of drug-likeness (QED) is 0.778. The third-order valence-electron chi connectivity index (χ3n) is 1.64. The lowest BCUT2D eigenvalue weighted by Crippen LogP contribution is -2.08. The number of rotatable bonds is 4. The molecule has 1 heterocycles. The molecule has 0 aliphatic rings. The van der Waals surface area contributed by atoms with E-state index in [0.717, 1.165) is 17.4 Å². The molecular formula is C9H17N3S. The molecule has 0 radical (unpaired) electrons. The van der Waals surface area contributed by atoms with Crippen molar-refractivity contribution in [2.24, 2.45) is 0 Å². The van der Waals surface area contributed by atoms with Crippen molar-refractivity contribution in [3.05, 3.63) is 10.6 Å². The van der Waals surface area contributed by atoms with Crippen LogP contribution in [-0.2, 0) is 6.54 Å². The summed E-state index contributed by atoms with van der Waals surface area (Å²) in [5.74, 6) is 0. The first-order chi connectivity index (χ1) is 6.13. The Morgan fingerprint density at radius 3 is 2.69 bits per heavy atom. The molecule has 1 aromatic heterocycles. The van der Waals surface area contributed by atoms with Crippen LogP contribution in [0.15, 0.2) is 0 Å². The molecule has 13 heavy (non-hydrogen) atoms. The van der Waals surface area contributed by atoms with Crippen LogP contribution in [0.5, 0.6) is 0 Å². The maximum atomic E-state index is 4.44. The second-order valence-electron chi connectivity index (χ2n) is 3.36. The van der Waals surface area contributed by atoms with E-state index in [4.69, 9.17) is 0 Å². The Bertz CT molecular complexity index is 268. The van der Waals surface area contributed by atoms with Crippen molar-refractivity contribution in [1.29, 1.82) is 0 Å². The van der Waals surface area contributed by atoms with E-state index in [1.54, 1.807) is 11.3 Å². The van der Waals surface area contributed by atoms with Gasteiger partial charge < -0.3 is 10.6 Å². The third-order valence-corrected chi connectivity index (χ3v) is 2.73. The highest BCUT2D eigenvalue weighted by molar-refractivity contribution is 7.15. The summed E-state index contributed by atoms with van der Waals surface area (Å²) < 4.78 is 0. The highest BCUT2D eigenvalue weighted by Gasteiger charge is 2.06. The van der Waals surface area contributed by atoms with E-state index < -0.39 is 0 Å². The molecule has 1 rings (SSSR count). The fourth-order valence-electron chi connectivity index (χ4n) is 1.06. The highest BCUT2D eigenvalue weighted by atomic mass is 32.1. The van der Waals surface area contributed by atoms with Crippen LogP contribution in [0.1, 0.15) is 24.4 Å². The molecule has 0 amide bonds. The second-order valence-corrected chi connectivity index (χ2v) is 4.44. The molecule has 0 aliphatic carbocycles. The normalized spacial score (nSPS) is 10.8. The lowest BCUT2D eigenvalue weighted by Gasteiger charge is -2.04. The van der Waals surface area contributed by atoms with E-state index in [1.165, 1.54) is 4.88 Å². The number of hydrogen-bond donors (Lipinski definition) is 2. The number of hydrogen-bond acceptors (Lipinski definition) is 4. The van der Waals surface area contributed by atoms with Crippen LogP contribution in [0.25, 0.3) is 0 Å². The number of aromatic nitrogens is 1. The summed E-state index contributed by atoms with van der Waals surface area (Å²) in [4.78, 5) is 5.75. The molecule has 0 saturated carbocycles. The summed E-state index contributed by atoms with van der Waals surface area (Å²) in [6, 6.07) is 0.452. The van der Waals surface area contributed by atoms with Crippen LogP contribution >= 0.6 is 11.3 Å². The minimum atomic E-state index is 0.452. The van der Waals surface area contributed by atoms with Crippen molar-refractivity contribution >= 4 is 16.5 Å². The smallest absolute Gasteiger partial charge is 0.183 e. The monoisotopic (exact) mass is 199 g/mol. The van der Waals surface area contributed by atoms with Crippen molar-refractivity contribution in [3.8, 4) is 0 Å². The van der Waals surface area contributed by atoms with Gasteiger partial charge in [0.1, 0.15) is 0 Å². The first kappa shape index (κ1) is 10.5. The number of nitrogens with one attached hydrogen (secondary N) is 2. The van der Waals surface area contributed by atoms with Gasteiger partial charge in [-0.1, -0.05) is 0 Å². The van der Waals surface area contributed by atoms with E-state index in [1.807, 2.05) is 7.05 Å². The van der Waals surface area contributed by atoms with Gasteiger partial charge >= 0.3 is 0 Å². The van der Waals surface area contributed by atoms with Crippen molar-refractivity contribution < 1.29 is 0 Å². The molecule has 0 aromatic carbocycles. The molecule has 0 bridgehead atoms. The molecule has 2 N–H and O–H groups in total. The van der Waals surface area contributed by atoms with E-state index in [2.05, 4.69) is 36.4 Å². The fraction of sp³-hybridized carbons (Fsp3) is 0.667. The van der Waals surface area contributed by atoms with Gasteiger partial charge in [-0.05, 0) is 27.8 Å². The number of thiazole rings is 1. The maximum absolute atomic E-state index is 4.44. The minimum Gasteiger partial charge on any atom is -0.359 e. The zero-order valence-corrected chi connectivity index (χ0v) is 9.46. The Morgan fingerprint density at radius 1 is 1.46 bits per heavy atom. The Labute approximate surface area is 83.6 Å². The van der Waals surface area contributed by atoms with E-state index in [-0.39, 0.29) is 0 Å². The fourth-order valence-corrected chi connectivity index (χ4v) is 2.18. The second kappa shape index (κ2) is 4.58. The van der Waals surface area contributed by atoms with Crippen LogP contribution in [0.2, 0.25) is 0 Å². The highest BCUT2D eigenvalue weighted by Crippen LogP contribution is 2.22. The van der Waals surface area contributed by atoms with Crippen molar-refractivity contribution in [3.63, 3.8) is 0 Å². The Hall–Kier alpha value is -0.610. The Balaban J connectivity index is 2.70. The lowest BCUT2D eigenvalue weighted by molar-refractivity contribution is 0.822. The van der Waals surface area contributed by atoms with Crippen molar-refractivity contribution in [1.82, 2.24) is 10.3 Å². The summed E-state index contributed by atoms with van der Waals surface area (Å²) in [5, 5.41) is 7.46. The maximum Gasteiger partial charge on any atom is 0.183 e. The predicted octanol–water partition coefficient (Wildman–Crippen LogP) is 1.99. The van der Waals surface area contributed by atoms with Gasteiger partial charge in [-0.15, -0.1) is 11.3 Å². The Kier molecular flexibility index (Phi) is 3.69. The molecule has 0 fully saturated rings. The first-order valence-electron chi connectivity index (χ1n) is 4.51. The first-order valence-corrected chi connectivity index (χ1v) is 5.32. The molecule has 0 unspecified atom stereocenters. The average Bonchev–Trinajstić information content (AvgIpc) is 2.31. The summed E-state index contributed by atoms with van der Waals surface area (Å²) in [7, 11) is 1.95. The summed E-state index contributed by atoms with van der Waals surface area (Å²) >= 11 is 1.73. The van der Waals surface area contributed by atoms with Gasteiger partial charge in [0.25, 0.3) is 0 Å². The topological polar surface area (TPSA) is 37.0 Å². The van der Waals surface area contributed by atoms with Crippen molar-refractivity contribution in [2.75, 3.05) is 12.4 Å². The molecule has 74 valence electrons. The summed E-state index contributed by atoms with van der Waals surface area (Å²) in [6.07, 6.45) is 0. The zero-order valence-electron chi connectivity index (χ0n) is 8.64. The average molecular weight is 199 g/mol. The predicted molar refractivity (Wildman–Crippen MR) is 58.4 cm³/mol. The summed E-state index contributed by atoms with van der Waals surface area (Å²) in [6.45, 7) is 7.20. The molecule has 0 atom stereocenters. The van der Waals surface area contributed by atoms with Crippen LogP contribution in [0.4, 0.5) is 5.13 Å². The van der Waals surface area contributed by atoms with Gasteiger partial charge in [-0.3, -0.25) is 0 Å². The lowest BCUT2D eigenvalue weighted by atomic mass is 10.4. The van der Waals surface area contributed by atoms with Crippen molar-refractivity contribution in [2.45, 2.75) is 33.4 Å². The molecule has 3 nitrogen and oxygen atoms in total. The third kappa shape index (κ3) is 2.97. The van der Waals surface area contributed by atoms with E-state index in [9.17, 15) is 0 Å². The van der Waals surface area contributed by atoms with Gasteiger partial charge in [0, 0.05) is 17.5 Å². The molecule has 0 aliphatic heterocycles. The van der Waals surface area contributed by atoms with Gasteiger partial charge in [-0.25, -0.2) is 4.98 Å². The SMILES string of the molecule is CNCc1sc(NC(C)C)nc1C. The van der Waals surface area contributed by atoms with E-state index >= 15 is 0 Å². The van der Waals surface area contributed by atoms with Gasteiger partial charge in [0.2, 0.25) is 0 Å². The largest absolute Gasteiger partial charge is 0.359 e. The zero-order chi connectivity index (χ0) is 9.84. The van der Waals surface area contributed by atoms with Crippen LogP contribution in [0.3, 0.4) is 0 Å². The molecule has 4 heteroatoms. The minimum absolute atomic E-state index is 0.452. The van der Waals surface area contributed by atoms with Crippen LogP contribution in [-0.4, -0.2) is 18.1 Å². The number of nitrogens with zero attached hydrogens (tertiary/aromatic N) is 1. The van der Waals surface area contributed by atoms with Gasteiger partial charge in [-0.2, -0.15) is 0 Å². The molecule has 1 aromatic rings. The van der Waals surface area contributed by atoms with E-state index in [0.29, 0.717) is 6.04 Å².